The van der Waals surface area contributed by atoms with Crippen LogP contribution in [0.15, 0.2) is 48.8 Å². The normalized spacial score (nSPS) is 24.1. The molecule has 2 aliphatic rings. The van der Waals surface area contributed by atoms with Crippen LogP contribution >= 0.6 is 0 Å². The first-order chi connectivity index (χ1) is 15.0. The second-order valence-electron chi connectivity index (χ2n) is 8.50. The first-order valence-corrected chi connectivity index (χ1v) is 10.9. The van der Waals surface area contributed by atoms with Crippen LogP contribution in [0, 0.1) is 5.92 Å². The molecule has 3 atom stereocenters. The first-order valence-electron chi connectivity index (χ1n) is 10.9. The highest BCUT2D eigenvalue weighted by Crippen LogP contribution is 2.41. The SMILES string of the molecule is COc1ccc([C@H]2C[C@H](NC(=O)c3cccnc3)C[C@@H]2C(=O)N2CCN(C)CC2)cc1. The van der Waals surface area contributed by atoms with Crippen LogP contribution in [0.1, 0.15) is 34.7 Å². The van der Waals surface area contributed by atoms with Crippen molar-refractivity contribution in [1.29, 1.82) is 0 Å². The second kappa shape index (κ2) is 9.47. The molecule has 164 valence electrons. The van der Waals surface area contributed by atoms with Gasteiger partial charge >= 0.3 is 0 Å². The van der Waals surface area contributed by atoms with Gasteiger partial charge in [-0.05, 0) is 55.6 Å². The van der Waals surface area contributed by atoms with Crippen molar-refractivity contribution in [3.8, 4) is 5.75 Å². The maximum absolute atomic E-state index is 13.5. The molecule has 0 unspecified atom stereocenters. The molecule has 0 spiro atoms. The van der Waals surface area contributed by atoms with Crippen LogP contribution in [0.3, 0.4) is 0 Å². The van der Waals surface area contributed by atoms with Crippen molar-refractivity contribution in [2.75, 3.05) is 40.3 Å². The highest BCUT2D eigenvalue weighted by molar-refractivity contribution is 5.94. The zero-order valence-electron chi connectivity index (χ0n) is 18.2. The number of nitrogens with one attached hydrogen (secondary N) is 1. The van der Waals surface area contributed by atoms with Crippen molar-refractivity contribution in [2.24, 2.45) is 5.92 Å². The Morgan fingerprint density at radius 2 is 1.81 bits per heavy atom. The Balaban J connectivity index is 1.52. The number of benzene rings is 1. The molecule has 0 radical (unpaired) electrons. The number of hydrogen-bond acceptors (Lipinski definition) is 5. The summed E-state index contributed by atoms with van der Waals surface area (Å²) in [7, 11) is 3.73. The van der Waals surface area contributed by atoms with Crippen molar-refractivity contribution in [2.45, 2.75) is 24.8 Å². The topological polar surface area (TPSA) is 74.8 Å². The molecule has 2 fully saturated rings. The molecule has 1 aromatic heterocycles. The first kappa shape index (κ1) is 21.3. The third-order valence-electron chi connectivity index (χ3n) is 6.50. The molecule has 2 heterocycles. The fourth-order valence-corrected chi connectivity index (χ4v) is 4.68. The van der Waals surface area contributed by atoms with E-state index >= 15 is 0 Å². The Morgan fingerprint density at radius 1 is 1.06 bits per heavy atom. The lowest BCUT2D eigenvalue weighted by molar-refractivity contribution is -0.137. The third-order valence-corrected chi connectivity index (χ3v) is 6.50. The quantitative estimate of drug-likeness (QED) is 0.799. The van der Waals surface area contributed by atoms with Crippen LogP contribution in [0.5, 0.6) is 5.75 Å². The predicted molar refractivity (Wildman–Crippen MR) is 118 cm³/mol. The Bertz CT molecular complexity index is 895. The molecule has 0 bridgehead atoms. The lowest BCUT2D eigenvalue weighted by Crippen LogP contribution is -2.49. The van der Waals surface area contributed by atoms with E-state index < -0.39 is 0 Å². The van der Waals surface area contributed by atoms with E-state index in [-0.39, 0.29) is 29.7 Å². The molecule has 2 aromatic rings. The minimum atomic E-state index is -0.143. The number of rotatable bonds is 5. The van der Waals surface area contributed by atoms with Gasteiger partial charge in [0.1, 0.15) is 5.75 Å². The van der Waals surface area contributed by atoms with Gasteiger partial charge in [0.2, 0.25) is 5.91 Å². The van der Waals surface area contributed by atoms with Gasteiger partial charge in [0.15, 0.2) is 0 Å². The van der Waals surface area contributed by atoms with E-state index in [0.717, 1.165) is 43.9 Å². The van der Waals surface area contributed by atoms with Crippen LogP contribution in [0.25, 0.3) is 0 Å². The van der Waals surface area contributed by atoms with E-state index in [1.807, 2.05) is 29.2 Å². The van der Waals surface area contributed by atoms with E-state index in [1.165, 1.54) is 0 Å². The van der Waals surface area contributed by atoms with Crippen molar-refractivity contribution in [3.63, 3.8) is 0 Å². The van der Waals surface area contributed by atoms with Crippen molar-refractivity contribution in [1.82, 2.24) is 20.1 Å². The van der Waals surface area contributed by atoms with E-state index in [2.05, 4.69) is 22.2 Å². The zero-order valence-corrected chi connectivity index (χ0v) is 18.2. The summed E-state index contributed by atoms with van der Waals surface area (Å²) < 4.78 is 5.29. The maximum atomic E-state index is 13.5. The number of ether oxygens (including phenoxy) is 1. The number of likely N-dealkylation sites (N-methyl/N-ethyl adjacent to an activating group) is 1. The van der Waals surface area contributed by atoms with Gasteiger partial charge in [0.25, 0.3) is 5.91 Å². The molecule has 1 saturated heterocycles. The molecular formula is C24H30N4O3. The molecule has 4 rings (SSSR count). The molecule has 1 aromatic carbocycles. The van der Waals surface area contributed by atoms with Crippen molar-refractivity contribution < 1.29 is 14.3 Å². The molecule has 2 amide bonds. The average molecular weight is 423 g/mol. The largest absolute Gasteiger partial charge is 0.497 e. The van der Waals surface area contributed by atoms with Crippen molar-refractivity contribution in [3.05, 3.63) is 59.9 Å². The van der Waals surface area contributed by atoms with Gasteiger partial charge in [0.05, 0.1) is 12.7 Å². The zero-order chi connectivity index (χ0) is 21.8. The number of nitrogens with zero attached hydrogens (tertiary/aromatic N) is 3. The Hall–Kier alpha value is -2.93. The summed E-state index contributed by atoms with van der Waals surface area (Å²) in [6, 6.07) is 11.4. The second-order valence-corrected chi connectivity index (χ2v) is 8.50. The predicted octanol–water partition coefficient (Wildman–Crippen LogP) is 2.16. The Labute approximate surface area is 183 Å². The summed E-state index contributed by atoms with van der Waals surface area (Å²) >= 11 is 0. The van der Waals surface area contributed by atoms with Gasteiger partial charge < -0.3 is 19.9 Å². The highest BCUT2D eigenvalue weighted by atomic mass is 16.5. The number of amides is 2. The lowest BCUT2D eigenvalue weighted by atomic mass is 9.87. The minimum Gasteiger partial charge on any atom is -0.497 e. The van der Waals surface area contributed by atoms with Gasteiger partial charge in [-0.1, -0.05) is 12.1 Å². The fraction of sp³-hybridized carbons (Fsp3) is 0.458. The number of carbonyl (C=O) groups is 2. The Morgan fingerprint density at radius 3 is 2.45 bits per heavy atom. The van der Waals surface area contributed by atoms with Crippen LogP contribution in [-0.4, -0.2) is 73.0 Å². The summed E-state index contributed by atoms with van der Waals surface area (Å²) in [5.41, 5.74) is 1.66. The number of pyridine rings is 1. The molecule has 1 aliphatic heterocycles. The molecule has 1 N–H and O–H groups in total. The van der Waals surface area contributed by atoms with Crippen LogP contribution in [0.4, 0.5) is 0 Å². The van der Waals surface area contributed by atoms with Gasteiger partial charge in [-0.3, -0.25) is 14.6 Å². The number of piperazine rings is 1. The highest BCUT2D eigenvalue weighted by Gasteiger charge is 2.42. The fourth-order valence-electron chi connectivity index (χ4n) is 4.68. The van der Waals surface area contributed by atoms with Gasteiger partial charge in [-0.25, -0.2) is 0 Å². The van der Waals surface area contributed by atoms with E-state index in [1.54, 1.807) is 31.6 Å². The van der Waals surface area contributed by atoms with Gasteiger partial charge in [-0.2, -0.15) is 0 Å². The van der Waals surface area contributed by atoms with E-state index in [4.69, 9.17) is 4.74 Å². The van der Waals surface area contributed by atoms with Gasteiger partial charge in [-0.15, -0.1) is 0 Å². The molecule has 7 heteroatoms. The summed E-state index contributed by atoms with van der Waals surface area (Å²) in [6.07, 6.45) is 4.60. The summed E-state index contributed by atoms with van der Waals surface area (Å²) in [5.74, 6) is 0.782. The van der Waals surface area contributed by atoms with Crippen LogP contribution in [-0.2, 0) is 4.79 Å². The Kier molecular flexibility index (Phi) is 6.51. The summed E-state index contributed by atoms with van der Waals surface area (Å²) in [5, 5.41) is 3.13. The molecule has 7 nitrogen and oxygen atoms in total. The number of aromatic nitrogens is 1. The monoisotopic (exact) mass is 422 g/mol. The minimum absolute atomic E-state index is 0.0544. The third kappa shape index (κ3) is 4.88. The summed E-state index contributed by atoms with van der Waals surface area (Å²) in [4.78, 5) is 34.4. The molecule has 1 saturated carbocycles. The van der Waals surface area contributed by atoms with E-state index in [9.17, 15) is 9.59 Å². The number of carbonyl (C=O) groups excluding carboxylic acids is 2. The van der Waals surface area contributed by atoms with Crippen LogP contribution in [0.2, 0.25) is 0 Å². The van der Waals surface area contributed by atoms with Crippen molar-refractivity contribution >= 4 is 11.8 Å². The smallest absolute Gasteiger partial charge is 0.253 e. The molecular weight excluding hydrogens is 392 g/mol. The molecule has 1 aliphatic carbocycles. The number of methoxy groups -OCH3 is 1. The average Bonchev–Trinajstić information content (AvgIpc) is 3.23. The van der Waals surface area contributed by atoms with Crippen LogP contribution < -0.4 is 10.1 Å². The van der Waals surface area contributed by atoms with E-state index in [0.29, 0.717) is 12.0 Å². The van der Waals surface area contributed by atoms with Gasteiger partial charge in [0, 0.05) is 50.5 Å². The molecule has 31 heavy (non-hydrogen) atoms. The summed E-state index contributed by atoms with van der Waals surface area (Å²) in [6.45, 7) is 3.31. The standard InChI is InChI=1S/C24H30N4O3/c1-27-10-12-28(13-11-27)24(30)22-15-19(26-23(29)18-4-3-9-25-16-18)14-21(22)17-5-7-20(31-2)8-6-17/h3-9,16,19,21-22H,10-15H2,1-2H3,(H,26,29)/t19-,21+,22-/m0/s1. The lowest BCUT2D eigenvalue weighted by Gasteiger charge is -2.35. The maximum Gasteiger partial charge on any atom is 0.253 e. The number of hydrogen-bond donors (Lipinski definition) is 1.